The third kappa shape index (κ3) is 5.29. The highest BCUT2D eigenvalue weighted by molar-refractivity contribution is 7.10. The fourth-order valence-electron chi connectivity index (χ4n) is 1.53. The van der Waals surface area contributed by atoms with E-state index in [9.17, 15) is 9.59 Å². The molecule has 1 rings (SSSR count). The summed E-state index contributed by atoms with van der Waals surface area (Å²) in [4.78, 5) is 23.3. The van der Waals surface area contributed by atoms with Crippen LogP contribution in [0.4, 0.5) is 0 Å². The second-order valence-corrected chi connectivity index (χ2v) is 4.82. The molecule has 0 aliphatic carbocycles. The number of aliphatic carboxylic acids is 1. The molecule has 1 heterocycles. The highest BCUT2D eigenvalue weighted by Gasteiger charge is 2.18. The number of amides is 1. The Morgan fingerprint density at radius 2 is 2.28 bits per heavy atom. The van der Waals surface area contributed by atoms with E-state index in [0.717, 1.165) is 11.4 Å². The van der Waals surface area contributed by atoms with E-state index in [1.807, 2.05) is 24.4 Å². The second-order valence-electron chi connectivity index (χ2n) is 3.84. The Morgan fingerprint density at radius 1 is 1.50 bits per heavy atom. The quantitative estimate of drug-likeness (QED) is 0.624. The molecule has 0 saturated carbocycles. The van der Waals surface area contributed by atoms with Crippen LogP contribution < -0.4 is 10.6 Å². The van der Waals surface area contributed by atoms with Crippen molar-refractivity contribution >= 4 is 23.2 Å². The van der Waals surface area contributed by atoms with E-state index in [4.69, 9.17) is 5.11 Å². The number of hydrogen-bond donors (Lipinski definition) is 3. The molecular weight excluding hydrogens is 252 g/mol. The summed E-state index contributed by atoms with van der Waals surface area (Å²) in [6.45, 7) is 3.39. The Labute approximate surface area is 110 Å². The second kappa shape index (κ2) is 7.84. The first kappa shape index (κ1) is 14.7. The number of nitrogens with one attached hydrogen (secondary N) is 2. The number of carbonyl (C=O) groups excluding carboxylic acids is 1. The van der Waals surface area contributed by atoms with E-state index in [1.54, 1.807) is 0 Å². The molecule has 1 unspecified atom stereocenters. The highest BCUT2D eigenvalue weighted by atomic mass is 32.1. The lowest BCUT2D eigenvalue weighted by molar-refractivity contribution is -0.137. The third-order valence-electron chi connectivity index (χ3n) is 2.38. The molecule has 1 aromatic heterocycles. The largest absolute Gasteiger partial charge is 0.481 e. The summed E-state index contributed by atoms with van der Waals surface area (Å²) in [6, 6.07) is 3.25. The Balaban J connectivity index is 2.51. The van der Waals surface area contributed by atoms with E-state index in [0.29, 0.717) is 13.0 Å². The number of carboxylic acids is 1. The third-order valence-corrected chi connectivity index (χ3v) is 3.37. The Bertz CT molecular complexity index is 379. The van der Waals surface area contributed by atoms with Crippen LogP contribution >= 0.6 is 11.3 Å². The van der Waals surface area contributed by atoms with Crippen LogP contribution in [0.3, 0.4) is 0 Å². The van der Waals surface area contributed by atoms with Gasteiger partial charge in [-0.15, -0.1) is 11.3 Å². The van der Waals surface area contributed by atoms with Crippen molar-refractivity contribution in [2.24, 2.45) is 0 Å². The molecule has 3 N–H and O–H groups in total. The molecule has 6 heteroatoms. The van der Waals surface area contributed by atoms with Gasteiger partial charge < -0.3 is 15.7 Å². The summed E-state index contributed by atoms with van der Waals surface area (Å²) >= 11 is 1.45. The van der Waals surface area contributed by atoms with Crippen LogP contribution in [-0.2, 0) is 9.59 Å². The maximum absolute atomic E-state index is 11.7. The minimum Gasteiger partial charge on any atom is -0.481 e. The van der Waals surface area contributed by atoms with E-state index < -0.39 is 12.0 Å². The van der Waals surface area contributed by atoms with Gasteiger partial charge in [-0.25, -0.2) is 0 Å². The lowest BCUT2D eigenvalue weighted by Gasteiger charge is -2.15. The number of hydrogen-bond acceptors (Lipinski definition) is 4. The van der Waals surface area contributed by atoms with Crippen molar-refractivity contribution in [1.82, 2.24) is 10.6 Å². The van der Waals surface area contributed by atoms with Crippen molar-refractivity contribution in [3.63, 3.8) is 0 Å². The van der Waals surface area contributed by atoms with Crippen molar-refractivity contribution in [3.8, 4) is 0 Å². The minimum atomic E-state index is -0.916. The highest BCUT2D eigenvalue weighted by Crippen LogP contribution is 2.22. The van der Waals surface area contributed by atoms with Gasteiger partial charge in [0.05, 0.1) is 12.5 Å². The number of carbonyl (C=O) groups is 2. The van der Waals surface area contributed by atoms with Crippen LogP contribution in [-0.4, -0.2) is 30.1 Å². The molecule has 1 aromatic rings. The average molecular weight is 270 g/mol. The maximum Gasteiger partial charge on any atom is 0.305 e. The predicted octanol–water partition coefficient (Wildman–Crippen LogP) is 1.38. The van der Waals surface area contributed by atoms with Crippen LogP contribution in [0.15, 0.2) is 17.5 Å². The van der Waals surface area contributed by atoms with E-state index >= 15 is 0 Å². The Morgan fingerprint density at radius 3 is 2.83 bits per heavy atom. The average Bonchev–Trinajstić information content (AvgIpc) is 2.81. The first-order valence-electron chi connectivity index (χ1n) is 5.88. The molecule has 0 aliphatic heterocycles. The summed E-state index contributed by atoms with van der Waals surface area (Å²) in [5.74, 6) is -1.05. The summed E-state index contributed by atoms with van der Waals surface area (Å²) in [5.41, 5.74) is 0. The lowest BCUT2D eigenvalue weighted by atomic mass is 10.1. The summed E-state index contributed by atoms with van der Waals surface area (Å²) in [7, 11) is 0. The standard InChI is InChI=1S/C12H18N2O3S/c1-2-13-6-5-11(15)14-9(8-12(16)17)10-4-3-7-18-10/h3-4,7,9,13H,2,5-6,8H2,1H3,(H,14,15)(H,16,17). The molecule has 5 nitrogen and oxygen atoms in total. The molecule has 100 valence electrons. The first-order chi connectivity index (χ1) is 8.63. The molecule has 0 saturated heterocycles. The van der Waals surface area contributed by atoms with Crippen molar-refractivity contribution in [3.05, 3.63) is 22.4 Å². The van der Waals surface area contributed by atoms with Gasteiger partial charge in [0.1, 0.15) is 0 Å². The van der Waals surface area contributed by atoms with Gasteiger partial charge in [0.15, 0.2) is 0 Å². The van der Waals surface area contributed by atoms with Gasteiger partial charge >= 0.3 is 5.97 Å². The zero-order valence-corrected chi connectivity index (χ0v) is 11.1. The van der Waals surface area contributed by atoms with E-state index in [1.165, 1.54) is 11.3 Å². The SMILES string of the molecule is CCNCCC(=O)NC(CC(=O)O)c1cccs1. The Hall–Kier alpha value is -1.40. The van der Waals surface area contributed by atoms with E-state index in [-0.39, 0.29) is 12.3 Å². The van der Waals surface area contributed by atoms with E-state index in [2.05, 4.69) is 10.6 Å². The number of thiophene rings is 1. The molecule has 0 aliphatic rings. The molecule has 18 heavy (non-hydrogen) atoms. The van der Waals surface area contributed by atoms with Crippen molar-refractivity contribution in [2.45, 2.75) is 25.8 Å². The lowest BCUT2D eigenvalue weighted by Crippen LogP contribution is -2.32. The molecule has 1 atom stereocenters. The van der Waals surface area contributed by atoms with Crippen LogP contribution in [0.2, 0.25) is 0 Å². The van der Waals surface area contributed by atoms with Gasteiger partial charge in [0, 0.05) is 17.8 Å². The van der Waals surface area contributed by atoms with Crippen LogP contribution in [0, 0.1) is 0 Å². The predicted molar refractivity (Wildman–Crippen MR) is 70.6 cm³/mol. The van der Waals surface area contributed by atoms with Gasteiger partial charge in [-0.2, -0.15) is 0 Å². The topological polar surface area (TPSA) is 78.4 Å². The molecule has 0 radical (unpaired) electrons. The number of rotatable bonds is 8. The normalized spacial score (nSPS) is 12.1. The summed E-state index contributed by atoms with van der Waals surface area (Å²) < 4.78 is 0. The van der Waals surface area contributed by atoms with Crippen LogP contribution in [0.5, 0.6) is 0 Å². The minimum absolute atomic E-state index is 0.0898. The van der Waals surface area contributed by atoms with Crippen LogP contribution in [0.1, 0.15) is 30.7 Å². The smallest absolute Gasteiger partial charge is 0.305 e. The van der Waals surface area contributed by atoms with Gasteiger partial charge in [-0.1, -0.05) is 13.0 Å². The first-order valence-corrected chi connectivity index (χ1v) is 6.76. The fourth-order valence-corrected chi connectivity index (χ4v) is 2.31. The Kier molecular flexibility index (Phi) is 6.38. The van der Waals surface area contributed by atoms with Crippen molar-refractivity contribution in [1.29, 1.82) is 0 Å². The number of carboxylic acid groups (broad SMARTS) is 1. The molecule has 0 bridgehead atoms. The molecule has 1 amide bonds. The van der Waals surface area contributed by atoms with Crippen LogP contribution in [0.25, 0.3) is 0 Å². The van der Waals surface area contributed by atoms with Gasteiger partial charge in [-0.05, 0) is 18.0 Å². The molecular formula is C12H18N2O3S. The zero-order valence-electron chi connectivity index (χ0n) is 10.3. The fraction of sp³-hybridized carbons (Fsp3) is 0.500. The zero-order chi connectivity index (χ0) is 13.4. The van der Waals surface area contributed by atoms with Gasteiger partial charge in [-0.3, -0.25) is 9.59 Å². The van der Waals surface area contributed by atoms with Gasteiger partial charge in [0.25, 0.3) is 0 Å². The molecule has 0 fully saturated rings. The van der Waals surface area contributed by atoms with Crippen molar-refractivity contribution in [2.75, 3.05) is 13.1 Å². The monoisotopic (exact) mass is 270 g/mol. The summed E-state index contributed by atoms with van der Waals surface area (Å²) in [5, 5.41) is 16.5. The molecule has 0 aromatic carbocycles. The molecule has 0 spiro atoms. The maximum atomic E-state index is 11.7. The summed E-state index contributed by atoms with van der Waals surface area (Å²) in [6.07, 6.45) is 0.267. The van der Waals surface area contributed by atoms with Crippen molar-refractivity contribution < 1.29 is 14.7 Å². The van der Waals surface area contributed by atoms with Gasteiger partial charge in [0.2, 0.25) is 5.91 Å².